The van der Waals surface area contributed by atoms with Crippen LogP contribution in [0.15, 0.2) is 30.3 Å². The van der Waals surface area contributed by atoms with Crippen LogP contribution in [0, 0.1) is 5.41 Å². The molecule has 1 aromatic carbocycles. The number of carbonyl (C=O) groups is 2. The third-order valence-corrected chi connectivity index (χ3v) is 5.26. The van der Waals surface area contributed by atoms with Crippen LogP contribution in [0.3, 0.4) is 0 Å². The second-order valence-corrected chi connectivity index (χ2v) is 7.22. The Labute approximate surface area is 149 Å². The molecular formula is C19H28N2O4. The van der Waals surface area contributed by atoms with Crippen molar-refractivity contribution in [2.45, 2.75) is 38.8 Å². The van der Waals surface area contributed by atoms with E-state index in [4.69, 9.17) is 0 Å². The smallest absolute Gasteiger partial charge is 0.312 e. The number of amides is 1. The van der Waals surface area contributed by atoms with Crippen LogP contribution in [0.2, 0.25) is 0 Å². The molecule has 1 aliphatic rings. The maximum atomic E-state index is 12.2. The number of aliphatic hydroxyl groups is 1. The summed E-state index contributed by atoms with van der Waals surface area (Å²) >= 11 is 0. The molecule has 1 aliphatic heterocycles. The number of carboxylic acid groups (broad SMARTS) is 1. The fourth-order valence-corrected chi connectivity index (χ4v) is 3.26. The Bertz CT molecular complexity index is 605. The number of piperidine rings is 1. The highest BCUT2D eigenvalue weighted by molar-refractivity contribution is 5.79. The van der Waals surface area contributed by atoms with Gasteiger partial charge in [0.2, 0.25) is 5.91 Å². The molecule has 1 amide bonds. The molecule has 2 N–H and O–H groups in total. The van der Waals surface area contributed by atoms with Crippen LogP contribution in [0.5, 0.6) is 0 Å². The lowest BCUT2D eigenvalue weighted by Crippen LogP contribution is -2.57. The lowest BCUT2D eigenvalue weighted by atomic mass is 9.71. The second kappa shape index (κ2) is 7.97. The van der Waals surface area contributed by atoms with Crippen LogP contribution in [0.1, 0.15) is 25.8 Å². The summed E-state index contributed by atoms with van der Waals surface area (Å²) < 4.78 is 0. The number of nitrogens with zero attached hydrogens (tertiary/aromatic N) is 2. The molecule has 0 aliphatic carbocycles. The van der Waals surface area contributed by atoms with E-state index in [9.17, 15) is 19.8 Å². The number of likely N-dealkylation sites (tertiary alicyclic amines) is 1. The third kappa shape index (κ3) is 4.38. The summed E-state index contributed by atoms with van der Waals surface area (Å²) in [6.45, 7) is 4.76. The van der Waals surface area contributed by atoms with Crippen molar-refractivity contribution < 1.29 is 19.8 Å². The maximum Gasteiger partial charge on any atom is 0.312 e. The molecule has 1 saturated heterocycles. The Morgan fingerprint density at radius 1 is 1.32 bits per heavy atom. The fraction of sp³-hybridized carbons (Fsp3) is 0.579. The van der Waals surface area contributed by atoms with Gasteiger partial charge in [-0.2, -0.15) is 0 Å². The highest BCUT2D eigenvalue weighted by Crippen LogP contribution is 2.36. The van der Waals surface area contributed by atoms with E-state index in [-0.39, 0.29) is 31.5 Å². The van der Waals surface area contributed by atoms with Gasteiger partial charge in [0.15, 0.2) is 0 Å². The van der Waals surface area contributed by atoms with E-state index in [0.29, 0.717) is 13.0 Å². The predicted molar refractivity (Wildman–Crippen MR) is 95.2 cm³/mol. The van der Waals surface area contributed by atoms with Gasteiger partial charge >= 0.3 is 5.97 Å². The number of hydrogen-bond acceptors (Lipinski definition) is 4. The molecule has 25 heavy (non-hydrogen) atoms. The Kier molecular flexibility index (Phi) is 6.19. The number of benzene rings is 1. The predicted octanol–water partition coefficient (Wildman–Crippen LogP) is 1.23. The summed E-state index contributed by atoms with van der Waals surface area (Å²) in [5.41, 5.74) is -0.307. The van der Waals surface area contributed by atoms with Crippen molar-refractivity contribution in [1.29, 1.82) is 0 Å². The minimum absolute atomic E-state index is 0.0203. The fourth-order valence-electron chi connectivity index (χ4n) is 3.26. The zero-order valence-electron chi connectivity index (χ0n) is 15.2. The standard InChI is InChI=1S/C19H28N2O4/c1-14(2)20(3)17(23)13-21-10-9-19(18(24)25,16(22)12-21)11-15-7-5-4-6-8-15/h4-8,14,16,22H,9-13H2,1-3H3,(H,24,25)/t16-,19+/m0/s1. The van der Waals surface area contributed by atoms with Gasteiger partial charge in [0.1, 0.15) is 5.41 Å². The van der Waals surface area contributed by atoms with E-state index >= 15 is 0 Å². The molecule has 2 atom stereocenters. The number of aliphatic carboxylic acids is 1. The summed E-state index contributed by atoms with van der Waals surface area (Å²) in [5, 5.41) is 20.4. The molecular weight excluding hydrogens is 320 g/mol. The Balaban J connectivity index is 2.07. The van der Waals surface area contributed by atoms with Gasteiger partial charge in [-0.25, -0.2) is 0 Å². The molecule has 0 saturated carbocycles. The number of rotatable bonds is 6. The normalized spacial score (nSPS) is 24.3. The van der Waals surface area contributed by atoms with Gasteiger partial charge in [-0.3, -0.25) is 14.5 Å². The number of aliphatic hydroxyl groups excluding tert-OH is 1. The number of carbonyl (C=O) groups excluding carboxylic acids is 1. The van der Waals surface area contributed by atoms with Gasteiger partial charge < -0.3 is 15.1 Å². The number of hydrogen-bond donors (Lipinski definition) is 2. The first-order valence-electron chi connectivity index (χ1n) is 8.69. The van der Waals surface area contributed by atoms with Crippen LogP contribution in [0.4, 0.5) is 0 Å². The van der Waals surface area contributed by atoms with Gasteiger partial charge in [-0.05, 0) is 38.8 Å². The molecule has 0 aromatic heterocycles. The Hall–Kier alpha value is -1.92. The molecule has 1 fully saturated rings. The summed E-state index contributed by atoms with van der Waals surface area (Å²) in [4.78, 5) is 27.7. The first kappa shape index (κ1) is 19.4. The monoisotopic (exact) mass is 348 g/mol. The SMILES string of the molecule is CC(C)N(C)C(=O)CN1CC[C@](Cc2ccccc2)(C(=O)O)[C@@H](O)C1. The van der Waals surface area contributed by atoms with Crippen molar-refractivity contribution in [3.05, 3.63) is 35.9 Å². The highest BCUT2D eigenvalue weighted by atomic mass is 16.4. The van der Waals surface area contributed by atoms with Crippen LogP contribution in [-0.2, 0) is 16.0 Å². The lowest BCUT2D eigenvalue weighted by Gasteiger charge is -2.43. The quantitative estimate of drug-likeness (QED) is 0.808. The van der Waals surface area contributed by atoms with Crippen molar-refractivity contribution in [3.63, 3.8) is 0 Å². The molecule has 1 heterocycles. The molecule has 0 bridgehead atoms. The molecule has 1 aromatic rings. The topological polar surface area (TPSA) is 81.1 Å². The van der Waals surface area contributed by atoms with Crippen LogP contribution in [-0.4, -0.2) is 70.7 Å². The van der Waals surface area contributed by atoms with E-state index in [2.05, 4.69) is 0 Å². The van der Waals surface area contributed by atoms with Crippen molar-refractivity contribution in [1.82, 2.24) is 9.80 Å². The van der Waals surface area contributed by atoms with Crippen molar-refractivity contribution in [3.8, 4) is 0 Å². The molecule has 138 valence electrons. The summed E-state index contributed by atoms with van der Waals surface area (Å²) in [6.07, 6.45) is -0.411. The van der Waals surface area contributed by atoms with Crippen molar-refractivity contribution in [2.75, 3.05) is 26.7 Å². The van der Waals surface area contributed by atoms with Gasteiger partial charge in [0, 0.05) is 19.6 Å². The first-order valence-corrected chi connectivity index (χ1v) is 8.69. The Morgan fingerprint density at radius 3 is 2.48 bits per heavy atom. The average Bonchev–Trinajstić information content (AvgIpc) is 2.57. The minimum Gasteiger partial charge on any atom is -0.481 e. The first-order chi connectivity index (χ1) is 11.8. The second-order valence-electron chi connectivity index (χ2n) is 7.22. The van der Waals surface area contributed by atoms with Crippen molar-refractivity contribution in [2.24, 2.45) is 5.41 Å². The van der Waals surface area contributed by atoms with E-state index < -0.39 is 17.5 Å². The summed E-state index contributed by atoms with van der Waals surface area (Å²) in [7, 11) is 1.75. The molecule has 0 radical (unpaired) electrons. The molecule has 6 heteroatoms. The molecule has 2 rings (SSSR count). The zero-order chi connectivity index (χ0) is 18.6. The van der Waals surface area contributed by atoms with E-state index in [1.54, 1.807) is 11.9 Å². The van der Waals surface area contributed by atoms with Gasteiger partial charge in [-0.1, -0.05) is 30.3 Å². The maximum absolute atomic E-state index is 12.2. The largest absolute Gasteiger partial charge is 0.481 e. The summed E-state index contributed by atoms with van der Waals surface area (Å²) in [5.74, 6) is -0.998. The van der Waals surface area contributed by atoms with E-state index in [1.807, 2.05) is 49.1 Å². The average molecular weight is 348 g/mol. The zero-order valence-corrected chi connectivity index (χ0v) is 15.2. The summed E-state index contributed by atoms with van der Waals surface area (Å²) in [6, 6.07) is 9.49. The van der Waals surface area contributed by atoms with Crippen molar-refractivity contribution >= 4 is 11.9 Å². The van der Waals surface area contributed by atoms with Crippen LogP contribution >= 0.6 is 0 Å². The third-order valence-electron chi connectivity index (χ3n) is 5.26. The lowest BCUT2D eigenvalue weighted by molar-refractivity contribution is -0.163. The molecule has 0 unspecified atom stereocenters. The highest BCUT2D eigenvalue weighted by Gasteiger charge is 2.48. The van der Waals surface area contributed by atoms with Gasteiger partial charge in [0.25, 0.3) is 0 Å². The molecule has 6 nitrogen and oxygen atoms in total. The van der Waals surface area contributed by atoms with Gasteiger partial charge in [-0.15, -0.1) is 0 Å². The number of β-amino-alcohol motifs (C(OH)–C–C–N with tert-alkyl or cyclic N) is 1. The van der Waals surface area contributed by atoms with E-state index in [1.165, 1.54) is 0 Å². The Morgan fingerprint density at radius 2 is 1.96 bits per heavy atom. The number of likely N-dealkylation sites (N-methyl/N-ethyl adjacent to an activating group) is 1. The van der Waals surface area contributed by atoms with E-state index in [0.717, 1.165) is 5.56 Å². The van der Waals surface area contributed by atoms with Gasteiger partial charge in [0.05, 0.1) is 12.6 Å². The number of carboxylic acids is 1. The minimum atomic E-state index is -1.20. The van der Waals surface area contributed by atoms with Crippen LogP contribution in [0.25, 0.3) is 0 Å². The van der Waals surface area contributed by atoms with Crippen LogP contribution < -0.4 is 0 Å². The molecule has 0 spiro atoms.